The summed E-state index contributed by atoms with van der Waals surface area (Å²) in [4.78, 5) is 25.1. The summed E-state index contributed by atoms with van der Waals surface area (Å²) < 4.78 is 6.26. The molecule has 2 atom stereocenters. The summed E-state index contributed by atoms with van der Waals surface area (Å²) >= 11 is 3.41. The van der Waals surface area contributed by atoms with E-state index < -0.39 is 18.2 Å². The topological polar surface area (TPSA) is 66.8 Å². The van der Waals surface area contributed by atoms with Crippen molar-refractivity contribution >= 4 is 33.5 Å². The number of hydrogen-bond donors (Lipinski definition) is 1. The van der Waals surface area contributed by atoms with Gasteiger partial charge in [-0.05, 0) is 37.0 Å². The molecule has 1 fully saturated rings. The van der Waals surface area contributed by atoms with Gasteiger partial charge in [0.25, 0.3) is 5.91 Å². The molecule has 6 heteroatoms. The van der Waals surface area contributed by atoms with Gasteiger partial charge < -0.3 is 14.7 Å². The number of carbonyl (C=O) groups excluding carboxylic acids is 1. The Bertz CT molecular complexity index is 574. The highest BCUT2D eigenvalue weighted by molar-refractivity contribution is 9.10. The van der Waals surface area contributed by atoms with Crippen LogP contribution in [0, 0.1) is 0 Å². The fraction of sp³-hybridized carbons (Fsp3) is 0.429. The van der Waals surface area contributed by atoms with Crippen molar-refractivity contribution in [2.45, 2.75) is 31.5 Å². The molecule has 106 valence electrons. The number of fused-ring (bicyclic) bond motifs is 1. The molecule has 1 aromatic rings. The van der Waals surface area contributed by atoms with E-state index in [4.69, 9.17) is 9.84 Å². The lowest BCUT2D eigenvalue weighted by molar-refractivity contribution is -0.151. The molecular formula is C14H14BrNO4. The fourth-order valence-electron chi connectivity index (χ4n) is 2.76. The number of halogens is 1. The first kappa shape index (κ1) is 13.6. The van der Waals surface area contributed by atoms with E-state index in [9.17, 15) is 9.59 Å². The van der Waals surface area contributed by atoms with E-state index in [1.54, 1.807) is 4.90 Å². The maximum Gasteiger partial charge on any atom is 0.332 e. The summed E-state index contributed by atoms with van der Waals surface area (Å²) in [6.45, 7) is 0.627. The van der Waals surface area contributed by atoms with Gasteiger partial charge in [-0.15, -0.1) is 0 Å². The molecule has 2 aliphatic heterocycles. The molecule has 2 aliphatic rings. The van der Waals surface area contributed by atoms with Gasteiger partial charge in [-0.25, -0.2) is 4.79 Å². The molecule has 0 aliphatic carbocycles. The number of ether oxygens (including phenoxy) is 1. The van der Waals surface area contributed by atoms with Crippen LogP contribution in [0.1, 0.15) is 18.4 Å². The molecule has 1 N–H and O–H groups in total. The number of anilines is 1. The Morgan fingerprint density at radius 3 is 2.75 bits per heavy atom. The van der Waals surface area contributed by atoms with Crippen molar-refractivity contribution in [3.05, 3.63) is 28.2 Å². The Morgan fingerprint density at radius 1 is 1.30 bits per heavy atom. The molecule has 0 spiro atoms. The Hall–Kier alpha value is -1.40. The van der Waals surface area contributed by atoms with Crippen LogP contribution >= 0.6 is 15.9 Å². The Kier molecular flexibility index (Phi) is 3.52. The lowest BCUT2D eigenvalue weighted by Crippen LogP contribution is -2.38. The molecule has 0 radical (unpaired) electrons. The zero-order valence-electron chi connectivity index (χ0n) is 10.7. The minimum Gasteiger partial charge on any atom is -0.479 e. The molecule has 5 nitrogen and oxygen atoms in total. The van der Waals surface area contributed by atoms with Gasteiger partial charge >= 0.3 is 5.97 Å². The smallest absolute Gasteiger partial charge is 0.332 e. The molecule has 1 amide bonds. The van der Waals surface area contributed by atoms with Crippen LogP contribution in [0.2, 0.25) is 0 Å². The normalized spacial score (nSPS) is 24.8. The number of carboxylic acid groups (broad SMARTS) is 1. The van der Waals surface area contributed by atoms with E-state index in [1.807, 2.05) is 18.2 Å². The summed E-state index contributed by atoms with van der Waals surface area (Å²) in [5.74, 6) is -1.13. The fourth-order valence-corrected chi connectivity index (χ4v) is 3.10. The highest BCUT2D eigenvalue weighted by Crippen LogP contribution is 2.33. The third-order valence-electron chi connectivity index (χ3n) is 3.78. The molecule has 3 rings (SSSR count). The van der Waals surface area contributed by atoms with Crippen molar-refractivity contribution in [3.63, 3.8) is 0 Å². The van der Waals surface area contributed by atoms with Crippen molar-refractivity contribution in [1.82, 2.24) is 0 Å². The monoisotopic (exact) mass is 339 g/mol. The van der Waals surface area contributed by atoms with E-state index in [0.717, 1.165) is 22.1 Å². The molecule has 0 unspecified atom stereocenters. The van der Waals surface area contributed by atoms with E-state index in [1.165, 1.54) is 0 Å². The molecular weight excluding hydrogens is 326 g/mol. The third-order valence-corrected chi connectivity index (χ3v) is 4.27. The van der Waals surface area contributed by atoms with Crippen LogP contribution in [0.15, 0.2) is 22.7 Å². The van der Waals surface area contributed by atoms with Gasteiger partial charge in [-0.3, -0.25) is 4.79 Å². The quantitative estimate of drug-likeness (QED) is 0.894. The van der Waals surface area contributed by atoms with Crippen LogP contribution in [-0.4, -0.2) is 35.7 Å². The number of carbonyl (C=O) groups is 2. The number of rotatable bonds is 2. The van der Waals surface area contributed by atoms with Crippen molar-refractivity contribution in [1.29, 1.82) is 0 Å². The average Bonchev–Trinajstić information content (AvgIpc) is 3.04. The first-order valence-electron chi connectivity index (χ1n) is 6.54. The summed E-state index contributed by atoms with van der Waals surface area (Å²) in [5, 5.41) is 8.92. The number of hydrogen-bond acceptors (Lipinski definition) is 3. The van der Waals surface area contributed by atoms with Gasteiger partial charge in [-0.2, -0.15) is 0 Å². The minimum absolute atomic E-state index is 0.134. The summed E-state index contributed by atoms with van der Waals surface area (Å²) in [7, 11) is 0. The predicted molar refractivity (Wildman–Crippen MR) is 75.7 cm³/mol. The SMILES string of the molecule is O=C(O)[C@H]1CC[C@@H](C(=O)N2CCc3ccc(Br)cc32)O1. The third kappa shape index (κ3) is 2.33. The Labute approximate surface area is 124 Å². The van der Waals surface area contributed by atoms with Crippen LogP contribution in [0.3, 0.4) is 0 Å². The lowest BCUT2D eigenvalue weighted by atomic mass is 10.1. The second-order valence-corrected chi connectivity index (χ2v) is 5.96. The second-order valence-electron chi connectivity index (χ2n) is 5.04. The van der Waals surface area contributed by atoms with E-state index in [2.05, 4.69) is 15.9 Å². The molecule has 20 heavy (non-hydrogen) atoms. The van der Waals surface area contributed by atoms with E-state index in [0.29, 0.717) is 19.4 Å². The number of amides is 1. The number of carboxylic acids is 1. The number of benzene rings is 1. The van der Waals surface area contributed by atoms with Crippen molar-refractivity contribution in [3.8, 4) is 0 Å². The first-order chi connectivity index (χ1) is 9.56. The molecule has 0 aromatic heterocycles. The van der Waals surface area contributed by atoms with Crippen LogP contribution < -0.4 is 4.90 Å². The van der Waals surface area contributed by atoms with Gasteiger partial charge in [0.2, 0.25) is 0 Å². The van der Waals surface area contributed by atoms with E-state index >= 15 is 0 Å². The molecule has 2 heterocycles. The highest BCUT2D eigenvalue weighted by Gasteiger charge is 2.38. The Balaban J connectivity index is 1.77. The van der Waals surface area contributed by atoms with E-state index in [-0.39, 0.29) is 5.91 Å². The van der Waals surface area contributed by atoms with Crippen molar-refractivity contribution in [2.24, 2.45) is 0 Å². The molecule has 1 saturated heterocycles. The van der Waals surface area contributed by atoms with Crippen molar-refractivity contribution in [2.75, 3.05) is 11.4 Å². The highest BCUT2D eigenvalue weighted by atomic mass is 79.9. The largest absolute Gasteiger partial charge is 0.479 e. The second kappa shape index (κ2) is 5.18. The average molecular weight is 340 g/mol. The molecule has 0 bridgehead atoms. The van der Waals surface area contributed by atoms with Gasteiger partial charge in [0, 0.05) is 16.7 Å². The summed E-state index contributed by atoms with van der Waals surface area (Å²) in [5.41, 5.74) is 2.03. The maximum atomic E-state index is 12.5. The van der Waals surface area contributed by atoms with Crippen molar-refractivity contribution < 1.29 is 19.4 Å². The van der Waals surface area contributed by atoms with Gasteiger partial charge in [0.15, 0.2) is 6.10 Å². The standard InChI is InChI=1S/C14H14BrNO4/c15-9-2-1-8-5-6-16(10(8)7-9)13(17)11-3-4-12(20-11)14(18)19/h1-2,7,11-12H,3-6H2,(H,18,19)/t11-,12+/m0/s1. The Morgan fingerprint density at radius 2 is 2.05 bits per heavy atom. The lowest BCUT2D eigenvalue weighted by Gasteiger charge is -2.21. The van der Waals surface area contributed by atoms with Crippen LogP contribution in [0.4, 0.5) is 5.69 Å². The maximum absolute atomic E-state index is 12.5. The van der Waals surface area contributed by atoms with Gasteiger partial charge in [-0.1, -0.05) is 22.0 Å². The number of nitrogens with zero attached hydrogens (tertiary/aromatic N) is 1. The van der Waals surface area contributed by atoms with Gasteiger partial charge in [0.05, 0.1) is 0 Å². The van der Waals surface area contributed by atoms with Crippen LogP contribution in [-0.2, 0) is 20.7 Å². The summed E-state index contributed by atoms with van der Waals surface area (Å²) in [6.07, 6.45) is 0.193. The van der Waals surface area contributed by atoms with Gasteiger partial charge in [0.1, 0.15) is 6.10 Å². The van der Waals surface area contributed by atoms with Crippen LogP contribution in [0.5, 0.6) is 0 Å². The first-order valence-corrected chi connectivity index (χ1v) is 7.33. The zero-order chi connectivity index (χ0) is 14.3. The zero-order valence-corrected chi connectivity index (χ0v) is 12.3. The molecule has 1 aromatic carbocycles. The molecule has 0 saturated carbocycles. The summed E-state index contributed by atoms with van der Waals surface area (Å²) in [6, 6.07) is 5.88. The van der Waals surface area contributed by atoms with Crippen LogP contribution in [0.25, 0.3) is 0 Å². The number of aliphatic carboxylic acids is 1. The minimum atomic E-state index is -0.995. The predicted octanol–water partition coefficient (Wildman–Crippen LogP) is 1.97.